The first-order chi connectivity index (χ1) is 14.0. The number of carbonyl (C=O) groups is 1. The van der Waals surface area contributed by atoms with Crippen molar-refractivity contribution < 1.29 is 13.9 Å². The summed E-state index contributed by atoms with van der Waals surface area (Å²) in [5, 5.41) is 3.29. The van der Waals surface area contributed by atoms with Crippen LogP contribution in [-0.4, -0.2) is 53.1 Å². The molecule has 1 N–H and O–H groups in total. The molecule has 0 atom stereocenters. The molecule has 8 heteroatoms. The first-order valence-corrected chi connectivity index (χ1v) is 9.94. The molecule has 0 saturated carbocycles. The van der Waals surface area contributed by atoms with Crippen LogP contribution in [0.5, 0.6) is 0 Å². The van der Waals surface area contributed by atoms with Crippen LogP contribution in [-0.2, 0) is 16.1 Å². The molecular weight excluding hydrogens is 373 g/mol. The van der Waals surface area contributed by atoms with Crippen molar-refractivity contribution in [2.45, 2.75) is 33.2 Å². The number of nitrogens with one attached hydrogen (secondary N) is 1. The second kappa shape index (κ2) is 9.54. The molecule has 0 amide bonds. The van der Waals surface area contributed by atoms with E-state index in [1.54, 1.807) is 30.1 Å². The van der Waals surface area contributed by atoms with E-state index in [-0.39, 0.29) is 17.7 Å². The van der Waals surface area contributed by atoms with E-state index < -0.39 is 0 Å². The van der Waals surface area contributed by atoms with Gasteiger partial charge in [-0.05, 0) is 44.4 Å². The Kier molecular flexibility index (Phi) is 6.85. The highest BCUT2D eigenvalue weighted by molar-refractivity contribution is 5.80. The fourth-order valence-corrected chi connectivity index (χ4v) is 3.59. The van der Waals surface area contributed by atoms with Gasteiger partial charge in [0.05, 0.1) is 18.2 Å². The molecule has 1 aromatic heterocycles. The van der Waals surface area contributed by atoms with Crippen molar-refractivity contribution in [1.29, 1.82) is 0 Å². The summed E-state index contributed by atoms with van der Waals surface area (Å²) in [5.41, 5.74) is 1.31. The van der Waals surface area contributed by atoms with E-state index in [1.165, 1.54) is 6.07 Å². The van der Waals surface area contributed by atoms with E-state index in [2.05, 4.69) is 20.2 Å². The summed E-state index contributed by atoms with van der Waals surface area (Å²) in [4.78, 5) is 22.5. The summed E-state index contributed by atoms with van der Waals surface area (Å²) in [7, 11) is 1.73. The van der Waals surface area contributed by atoms with Crippen LogP contribution in [0.1, 0.15) is 31.2 Å². The lowest BCUT2D eigenvalue weighted by molar-refractivity contribution is -0.149. The molecule has 2 heterocycles. The summed E-state index contributed by atoms with van der Waals surface area (Å²) in [5.74, 6) is 1.04. The fraction of sp³-hybridized carbons (Fsp3) is 0.476. The molecule has 1 aliphatic rings. The molecule has 0 unspecified atom stereocenters. The molecule has 0 radical (unpaired) electrons. The minimum atomic E-state index is -0.296. The Hall–Kier alpha value is -2.90. The van der Waals surface area contributed by atoms with Gasteiger partial charge in [-0.2, -0.15) is 0 Å². The number of hydrogen-bond donors (Lipinski definition) is 1. The van der Waals surface area contributed by atoms with Crippen LogP contribution in [0.15, 0.2) is 35.6 Å². The van der Waals surface area contributed by atoms with Gasteiger partial charge in [-0.25, -0.2) is 9.37 Å². The lowest BCUT2D eigenvalue weighted by atomic mass is 9.97. The zero-order valence-corrected chi connectivity index (χ0v) is 17.2. The lowest BCUT2D eigenvalue weighted by Crippen LogP contribution is -2.46. The molecule has 3 rings (SSSR count). The zero-order chi connectivity index (χ0) is 20.8. The number of imidazole rings is 1. The molecule has 2 aromatic rings. The first-order valence-electron chi connectivity index (χ1n) is 9.94. The number of hydrogen-bond acceptors (Lipinski definition) is 4. The van der Waals surface area contributed by atoms with Crippen LogP contribution in [0.2, 0.25) is 0 Å². The van der Waals surface area contributed by atoms with Crippen molar-refractivity contribution in [3.8, 4) is 5.69 Å². The van der Waals surface area contributed by atoms with Gasteiger partial charge >= 0.3 is 5.97 Å². The molecule has 1 aromatic carbocycles. The number of guanidine groups is 1. The molecule has 0 aliphatic carbocycles. The minimum absolute atomic E-state index is 0.0439. The monoisotopic (exact) mass is 401 g/mol. The van der Waals surface area contributed by atoms with Crippen molar-refractivity contribution in [2.75, 3.05) is 26.7 Å². The quantitative estimate of drug-likeness (QED) is 0.474. The number of esters is 1. The highest BCUT2D eigenvalue weighted by Gasteiger charge is 2.27. The maximum absolute atomic E-state index is 14.6. The zero-order valence-electron chi connectivity index (χ0n) is 17.2. The van der Waals surface area contributed by atoms with E-state index >= 15 is 0 Å². The summed E-state index contributed by atoms with van der Waals surface area (Å²) in [6.07, 6.45) is 4.88. The Morgan fingerprint density at radius 3 is 2.72 bits per heavy atom. The third-order valence-electron chi connectivity index (χ3n) is 5.17. The average Bonchev–Trinajstić information content (AvgIpc) is 3.15. The summed E-state index contributed by atoms with van der Waals surface area (Å²) >= 11 is 0. The summed E-state index contributed by atoms with van der Waals surface area (Å²) in [6, 6.07) is 5.18. The molecule has 1 saturated heterocycles. The Balaban J connectivity index is 1.57. The molecule has 0 spiro atoms. The predicted octanol–water partition coefficient (Wildman–Crippen LogP) is 2.67. The van der Waals surface area contributed by atoms with Crippen LogP contribution >= 0.6 is 0 Å². The fourth-order valence-electron chi connectivity index (χ4n) is 3.59. The summed E-state index contributed by atoms with van der Waals surface area (Å²) < 4.78 is 21.4. The van der Waals surface area contributed by atoms with E-state index in [1.807, 2.05) is 19.9 Å². The number of piperidine rings is 1. The van der Waals surface area contributed by atoms with Gasteiger partial charge in [0.15, 0.2) is 5.96 Å². The number of likely N-dealkylation sites (tertiary alicyclic amines) is 1. The van der Waals surface area contributed by atoms with Crippen LogP contribution in [0.4, 0.5) is 4.39 Å². The molecule has 156 valence electrons. The van der Waals surface area contributed by atoms with Crippen LogP contribution in [0.3, 0.4) is 0 Å². The van der Waals surface area contributed by atoms with Gasteiger partial charge in [0.1, 0.15) is 11.6 Å². The Morgan fingerprint density at radius 2 is 2.14 bits per heavy atom. The number of carbonyl (C=O) groups excluding carboxylic acids is 1. The minimum Gasteiger partial charge on any atom is -0.466 e. The summed E-state index contributed by atoms with van der Waals surface area (Å²) in [6.45, 7) is 6.00. The largest absolute Gasteiger partial charge is 0.466 e. The number of halogens is 1. The predicted molar refractivity (Wildman–Crippen MR) is 109 cm³/mol. The molecular formula is C21H28FN5O2. The maximum atomic E-state index is 14.6. The lowest BCUT2D eigenvalue weighted by Gasteiger charge is -2.33. The van der Waals surface area contributed by atoms with Crippen molar-refractivity contribution >= 4 is 11.9 Å². The third kappa shape index (κ3) is 4.93. The van der Waals surface area contributed by atoms with E-state index in [4.69, 9.17) is 4.74 Å². The van der Waals surface area contributed by atoms with Gasteiger partial charge in [0.25, 0.3) is 0 Å². The van der Waals surface area contributed by atoms with Crippen LogP contribution in [0, 0.1) is 18.7 Å². The second-order valence-corrected chi connectivity index (χ2v) is 7.04. The van der Waals surface area contributed by atoms with Crippen molar-refractivity contribution in [3.63, 3.8) is 0 Å². The van der Waals surface area contributed by atoms with Gasteiger partial charge in [-0.1, -0.05) is 6.07 Å². The number of aryl methyl sites for hydroxylation is 1. The van der Waals surface area contributed by atoms with Gasteiger partial charge < -0.3 is 19.5 Å². The highest BCUT2D eigenvalue weighted by Crippen LogP contribution is 2.19. The third-order valence-corrected chi connectivity index (χ3v) is 5.17. The van der Waals surface area contributed by atoms with Crippen molar-refractivity contribution in [3.05, 3.63) is 47.8 Å². The molecule has 7 nitrogen and oxygen atoms in total. The van der Waals surface area contributed by atoms with Gasteiger partial charge in [-0.3, -0.25) is 9.79 Å². The second-order valence-electron chi connectivity index (χ2n) is 7.04. The van der Waals surface area contributed by atoms with Crippen LogP contribution in [0.25, 0.3) is 5.69 Å². The highest BCUT2D eigenvalue weighted by atomic mass is 19.1. The van der Waals surface area contributed by atoms with Gasteiger partial charge in [-0.15, -0.1) is 0 Å². The van der Waals surface area contributed by atoms with Gasteiger partial charge in [0, 0.05) is 39.1 Å². The number of benzene rings is 1. The van der Waals surface area contributed by atoms with E-state index in [0.717, 1.165) is 43.3 Å². The molecule has 29 heavy (non-hydrogen) atoms. The van der Waals surface area contributed by atoms with E-state index in [0.29, 0.717) is 18.8 Å². The SMILES string of the molecule is CCOC(=O)C1CCN(C(=NC)NCc2ccc(-n3ccnc3C)c(F)c2)CC1. The number of aromatic nitrogens is 2. The Labute approximate surface area is 170 Å². The Bertz CT molecular complexity index is 872. The maximum Gasteiger partial charge on any atom is 0.309 e. The normalized spacial score (nSPS) is 15.4. The van der Waals surface area contributed by atoms with E-state index in [9.17, 15) is 9.18 Å². The molecule has 1 fully saturated rings. The number of aliphatic imine (C=N–C) groups is 1. The number of rotatable bonds is 5. The van der Waals surface area contributed by atoms with Gasteiger partial charge in [0.2, 0.25) is 0 Å². The average molecular weight is 401 g/mol. The number of ether oxygens (including phenoxy) is 1. The Morgan fingerprint density at radius 1 is 1.38 bits per heavy atom. The molecule has 1 aliphatic heterocycles. The molecule has 0 bridgehead atoms. The standard InChI is InChI=1S/C21H28FN5O2/c1-4-29-20(28)17-7-10-26(11-8-17)21(23-3)25-14-16-5-6-19(18(22)13-16)27-12-9-24-15(27)2/h5-6,9,12-13,17H,4,7-8,10-11,14H2,1-3H3,(H,23,25). The smallest absolute Gasteiger partial charge is 0.309 e. The first kappa shape index (κ1) is 20.8. The van der Waals surface area contributed by atoms with Crippen molar-refractivity contribution in [1.82, 2.24) is 19.8 Å². The van der Waals surface area contributed by atoms with Crippen LogP contribution < -0.4 is 5.32 Å². The topological polar surface area (TPSA) is 71.8 Å². The van der Waals surface area contributed by atoms with Crippen molar-refractivity contribution in [2.24, 2.45) is 10.9 Å². The number of nitrogens with zero attached hydrogens (tertiary/aromatic N) is 4.